The molecule has 62 valence electrons. The van der Waals surface area contributed by atoms with E-state index in [1.165, 1.54) is 6.07 Å². The highest BCUT2D eigenvalue weighted by Gasteiger charge is 1.88. The van der Waals surface area contributed by atoms with Gasteiger partial charge >= 0.3 is 0 Å². The van der Waals surface area contributed by atoms with E-state index < -0.39 is 0 Å². The Labute approximate surface area is 65.7 Å². The zero-order valence-electron chi connectivity index (χ0n) is 7.03. The van der Waals surface area contributed by atoms with Gasteiger partial charge in [0, 0.05) is 19.3 Å². The van der Waals surface area contributed by atoms with Crippen LogP contribution in [-0.4, -0.2) is 9.55 Å². The van der Waals surface area contributed by atoms with Gasteiger partial charge in [0.05, 0.1) is 0 Å². The van der Waals surface area contributed by atoms with Gasteiger partial charge < -0.3 is 10.3 Å². The molecule has 0 fully saturated rings. The highest BCUT2D eigenvalue weighted by atomic mass is 16.1. The Morgan fingerprint density at radius 2 is 2.09 bits per heavy atom. The second-order valence-corrected chi connectivity index (χ2v) is 1.73. The molecule has 2 N–H and O–H groups in total. The molecule has 0 aliphatic rings. The highest BCUT2D eigenvalue weighted by molar-refractivity contribution is 5.14. The molecule has 0 unspecified atom stereocenters. The summed E-state index contributed by atoms with van der Waals surface area (Å²) in [4.78, 5) is 13.9. The molecule has 4 heteroatoms. The zero-order valence-corrected chi connectivity index (χ0v) is 7.03. The molecule has 0 radical (unpaired) electrons. The fraction of sp³-hybridized carbons (Fsp3) is 0.429. The van der Waals surface area contributed by atoms with Gasteiger partial charge in [-0.05, 0) is 0 Å². The molecule has 0 bridgehead atoms. The van der Waals surface area contributed by atoms with E-state index in [0.29, 0.717) is 0 Å². The first-order valence-corrected chi connectivity index (χ1v) is 3.49. The predicted octanol–water partition coefficient (Wildman–Crippen LogP) is 0.389. The molecular formula is C7H13N3O. The van der Waals surface area contributed by atoms with E-state index >= 15 is 0 Å². The lowest BCUT2D eigenvalue weighted by atomic mass is 10.6. The second-order valence-electron chi connectivity index (χ2n) is 1.73. The average molecular weight is 155 g/mol. The Hall–Kier alpha value is -1.32. The lowest BCUT2D eigenvalue weighted by molar-refractivity contribution is 0.873. The predicted molar refractivity (Wildman–Crippen MR) is 45.2 cm³/mol. The number of hydrogen-bond acceptors (Lipinski definition) is 3. The Morgan fingerprint density at radius 3 is 2.45 bits per heavy atom. The van der Waals surface area contributed by atoms with Crippen LogP contribution in [0.3, 0.4) is 0 Å². The first kappa shape index (κ1) is 9.68. The summed E-state index contributed by atoms with van der Waals surface area (Å²) in [7, 11) is 1.72. The van der Waals surface area contributed by atoms with Crippen LogP contribution in [0, 0.1) is 0 Å². The summed E-state index contributed by atoms with van der Waals surface area (Å²) >= 11 is 0. The fourth-order valence-corrected chi connectivity index (χ4v) is 0.481. The third-order valence-electron chi connectivity index (χ3n) is 1.03. The number of hydrogen-bond donors (Lipinski definition) is 1. The third kappa shape index (κ3) is 2.84. The molecule has 0 atom stereocenters. The Bertz CT molecular complexity index is 267. The van der Waals surface area contributed by atoms with Crippen LogP contribution in [0.25, 0.3) is 0 Å². The largest absolute Gasteiger partial charge is 0.369 e. The van der Waals surface area contributed by atoms with Crippen molar-refractivity contribution in [3.63, 3.8) is 0 Å². The van der Waals surface area contributed by atoms with E-state index in [4.69, 9.17) is 5.73 Å². The SMILES string of the molecule is CC.Cn1ccc(=O)nc1N. The highest BCUT2D eigenvalue weighted by Crippen LogP contribution is 1.85. The minimum absolute atomic E-state index is 0.238. The summed E-state index contributed by atoms with van der Waals surface area (Å²) in [6.07, 6.45) is 1.57. The molecule has 0 spiro atoms. The standard InChI is InChI=1S/C5H7N3O.C2H6/c1-8-3-2-4(9)7-5(8)6;1-2/h2-3H,1H3,(H2,6,7,9);1-2H3. The lowest BCUT2D eigenvalue weighted by Gasteiger charge is -1.97. The molecule has 1 heterocycles. The second kappa shape index (κ2) is 4.49. The maximum atomic E-state index is 10.4. The van der Waals surface area contributed by atoms with E-state index in [1.807, 2.05) is 13.8 Å². The lowest BCUT2D eigenvalue weighted by Crippen LogP contribution is -2.12. The topological polar surface area (TPSA) is 60.9 Å². The van der Waals surface area contributed by atoms with Gasteiger partial charge in [0.15, 0.2) is 0 Å². The van der Waals surface area contributed by atoms with Crippen molar-refractivity contribution in [2.45, 2.75) is 13.8 Å². The van der Waals surface area contributed by atoms with Gasteiger partial charge in [-0.2, -0.15) is 4.98 Å². The van der Waals surface area contributed by atoms with Crippen LogP contribution in [0.4, 0.5) is 5.95 Å². The number of aryl methyl sites for hydroxylation is 1. The molecule has 0 aromatic carbocycles. The molecule has 1 aromatic rings. The van der Waals surface area contributed by atoms with Crippen LogP contribution in [0.1, 0.15) is 13.8 Å². The minimum Gasteiger partial charge on any atom is -0.369 e. The molecule has 4 nitrogen and oxygen atoms in total. The minimum atomic E-state index is -0.300. The molecular weight excluding hydrogens is 142 g/mol. The maximum absolute atomic E-state index is 10.4. The van der Waals surface area contributed by atoms with Crippen molar-refractivity contribution in [1.29, 1.82) is 0 Å². The van der Waals surface area contributed by atoms with Crippen molar-refractivity contribution in [2.75, 3.05) is 5.73 Å². The van der Waals surface area contributed by atoms with Crippen LogP contribution in [0.2, 0.25) is 0 Å². The van der Waals surface area contributed by atoms with Crippen molar-refractivity contribution in [3.05, 3.63) is 22.6 Å². The monoisotopic (exact) mass is 155 g/mol. The molecule has 0 saturated carbocycles. The van der Waals surface area contributed by atoms with E-state index in [2.05, 4.69) is 4.98 Å². The van der Waals surface area contributed by atoms with Crippen LogP contribution >= 0.6 is 0 Å². The van der Waals surface area contributed by atoms with Crippen molar-refractivity contribution < 1.29 is 0 Å². The van der Waals surface area contributed by atoms with E-state index in [-0.39, 0.29) is 11.5 Å². The molecule has 0 aliphatic heterocycles. The number of nitrogens with two attached hydrogens (primary N) is 1. The maximum Gasteiger partial charge on any atom is 0.274 e. The Kier molecular flexibility index (Phi) is 3.95. The van der Waals surface area contributed by atoms with Crippen molar-refractivity contribution in [2.24, 2.45) is 7.05 Å². The summed E-state index contributed by atoms with van der Waals surface area (Å²) in [5.41, 5.74) is 4.97. The first-order chi connectivity index (χ1) is 5.20. The van der Waals surface area contributed by atoms with Gasteiger partial charge in [-0.1, -0.05) is 13.8 Å². The third-order valence-corrected chi connectivity index (χ3v) is 1.03. The molecule has 0 saturated heterocycles. The number of anilines is 1. The van der Waals surface area contributed by atoms with Gasteiger partial charge in [0.2, 0.25) is 5.95 Å². The number of nitrogens with zero attached hydrogens (tertiary/aromatic N) is 2. The molecule has 1 rings (SSSR count). The quantitative estimate of drug-likeness (QED) is 0.589. The summed E-state index contributed by atoms with van der Waals surface area (Å²) < 4.78 is 1.57. The first-order valence-electron chi connectivity index (χ1n) is 3.49. The Morgan fingerprint density at radius 1 is 1.55 bits per heavy atom. The zero-order chi connectivity index (χ0) is 8.85. The Balaban J connectivity index is 0.000000461. The summed E-state index contributed by atoms with van der Waals surface area (Å²) in [5, 5.41) is 0. The number of rotatable bonds is 0. The van der Waals surface area contributed by atoms with Crippen molar-refractivity contribution in [1.82, 2.24) is 9.55 Å². The van der Waals surface area contributed by atoms with Gasteiger partial charge in [0.1, 0.15) is 0 Å². The number of aromatic nitrogens is 2. The summed E-state index contributed by atoms with van der Waals surface area (Å²) in [6.45, 7) is 4.00. The smallest absolute Gasteiger partial charge is 0.274 e. The van der Waals surface area contributed by atoms with E-state index in [9.17, 15) is 4.79 Å². The van der Waals surface area contributed by atoms with Gasteiger partial charge in [0.25, 0.3) is 5.56 Å². The van der Waals surface area contributed by atoms with E-state index in [0.717, 1.165) is 0 Å². The average Bonchev–Trinajstić information content (AvgIpc) is 2.02. The van der Waals surface area contributed by atoms with E-state index in [1.54, 1.807) is 17.8 Å². The van der Waals surface area contributed by atoms with Gasteiger partial charge in [-0.15, -0.1) is 0 Å². The normalized spacial score (nSPS) is 8.27. The summed E-state index contributed by atoms with van der Waals surface area (Å²) in [6, 6.07) is 1.36. The fourth-order valence-electron chi connectivity index (χ4n) is 0.481. The molecule has 11 heavy (non-hydrogen) atoms. The van der Waals surface area contributed by atoms with Gasteiger partial charge in [-0.3, -0.25) is 4.79 Å². The van der Waals surface area contributed by atoms with Crippen molar-refractivity contribution >= 4 is 5.95 Å². The molecule has 0 aliphatic carbocycles. The summed E-state index contributed by atoms with van der Waals surface area (Å²) in [5.74, 6) is 0.238. The van der Waals surface area contributed by atoms with Crippen molar-refractivity contribution in [3.8, 4) is 0 Å². The molecule has 0 amide bonds. The van der Waals surface area contributed by atoms with Crippen LogP contribution < -0.4 is 11.3 Å². The number of nitrogen functional groups attached to an aromatic ring is 1. The van der Waals surface area contributed by atoms with Crippen LogP contribution in [0.5, 0.6) is 0 Å². The molecule has 1 aromatic heterocycles. The van der Waals surface area contributed by atoms with Crippen LogP contribution in [-0.2, 0) is 7.05 Å². The van der Waals surface area contributed by atoms with Gasteiger partial charge in [-0.25, -0.2) is 0 Å². The van der Waals surface area contributed by atoms with Crippen LogP contribution in [0.15, 0.2) is 17.1 Å².